The van der Waals surface area contributed by atoms with Crippen LogP contribution in [0.5, 0.6) is 0 Å². The Morgan fingerprint density at radius 3 is 2.20 bits per heavy atom. The quantitative estimate of drug-likeness (QED) is 0.342. The highest BCUT2D eigenvalue weighted by molar-refractivity contribution is 8.00. The molecule has 1 aromatic carbocycles. The summed E-state index contributed by atoms with van der Waals surface area (Å²) in [6, 6.07) is 10.5. The van der Waals surface area contributed by atoms with E-state index < -0.39 is 23.0 Å². The van der Waals surface area contributed by atoms with Gasteiger partial charge in [0.2, 0.25) is 0 Å². The predicted molar refractivity (Wildman–Crippen MR) is 130 cm³/mol. The normalized spacial score (nSPS) is 11.1. The summed E-state index contributed by atoms with van der Waals surface area (Å²) in [6.45, 7) is 3.60. The van der Waals surface area contributed by atoms with Gasteiger partial charge in [-0.25, -0.2) is 4.98 Å². The van der Waals surface area contributed by atoms with E-state index in [9.17, 15) is 24.9 Å². The average molecular weight is 515 g/mol. The van der Waals surface area contributed by atoms with Crippen LogP contribution in [0.3, 0.4) is 0 Å². The average Bonchev–Trinajstić information content (AvgIpc) is 2.82. The number of carbonyl (C=O) groups is 3. The maximum atomic E-state index is 13.0. The zero-order valence-electron chi connectivity index (χ0n) is 19.2. The number of thioether (sulfide) groups is 1. The lowest BCUT2D eigenvalue weighted by atomic mass is 9.97. The molecule has 0 fully saturated rings. The molecule has 11 heteroatoms. The van der Waals surface area contributed by atoms with Gasteiger partial charge in [0.1, 0.15) is 34.3 Å². The van der Waals surface area contributed by atoms with Crippen LogP contribution in [0, 0.1) is 22.7 Å². The van der Waals surface area contributed by atoms with Gasteiger partial charge in [-0.15, -0.1) is 0 Å². The van der Waals surface area contributed by atoms with Crippen LogP contribution in [0.25, 0.3) is 11.1 Å². The zero-order valence-corrected chi connectivity index (χ0v) is 20.7. The lowest BCUT2D eigenvalue weighted by molar-refractivity contribution is -0.144. The number of nitriles is 2. The molecule has 2 N–H and O–H groups in total. The molecule has 1 heterocycles. The van der Waals surface area contributed by atoms with Crippen LogP contribution in [-0.4, -0.2) is 41.2 Å². The maximum Gasteiger partial charge on any atom is 0.307 e. The molecule has 0 saturated heterocycles. The molecule has 0 radical (unpaired) electrons. The van der Waals surface area contributed by atoms with Gasteiger partial charge in [-0.05, 0) is 31.5 Å². The van der Waals surface area contributed by atoms with Crippen LogP contribution >= 0.6 is 23.4 Å². The second-order valence-electron chi connectivity index (χ2n) is 7.04. The van der Waals surface area contributed by atoms with Crippen LogP contribution in [0.4, 0.5) is 5.82 Å². The predicted octanol–water partition coefficient (Wildman–Crippen LogP) is 4.05. The summed E-state index contributed by atoms with van der Waals surface area (Å²) in [7, 11) is 0. The van der Waals surface area contributed by atoms with Crippen molar-refractivity contribution in [3.8, 4) is 23.3 Å². The van der Waals surface area contributed by atoms with Gasteiger partial charge in [-0.1, -0.05) is 35.5 Å². The van der Waals surface area contributed by atoms with E-state index in [0.29, 0.717) is 10.6 Å². The number of hydrogen-bond acceptors (Lipinski definition) is 10. The molecular weight excluding hydrogens is 492 g/mol. The summed E-state index contributed by atoms with van der Waals surface area (Å²) in [6.07, 6.45) is -0.632. The number of nitrogens with zero attached hydrogens (tertiary/aromatic N) is 3. The summed E-state index contributed by atoms with van der Waals surface area (Å²) in [4.78, 5) is 41.0. The SMILES string of the molecule is CCOC(=O)CCC(=O)C(CC(=O)OCC)Sc1nc(N)c(C#N)c(-c2ccc(Cl)cc2)c1C#N. The number of ketones is 1. The number of rotatable bonds is 11. The van der Waals surface area contributed by atoms with E-state index in [4.69, 9.17) is 26.8 Å². The first-order chi connectivity index (χ1) is 16.7. The summed E-state index contributed by atoms with van der Waals surface area (Å²) < 4.78 is 9.84. The summed E-state index contributed by atoms with van der Waals surface area (Å²) >= 11 is 6.83. The highest BCUT2D eigenvalue weighted by Gasteiger charge is 2.28. The smallest absolute Gasteiger partial charge is 0.307 e. The van der Waals surface area contributed by atoms with Gasteiger partial charge in [0.05, 0.1) is 36.9 Å². The number of nitrogen functional groups attached to an aromatic ring is 1. The Balaban J connectivity index is 2.51. The minimum atomic E-state index is -1.01. The Hall–Kier alpha value is -3.60. The standard InChI is InChI=1S/C24H23ClN4O5S/c1-3-33-20(31)10-9-18(30)19(11-21(32)34-4-2)35-24-17(13-27)22(16(12-26)23(28)29-24)14-5-7-15(25)8-6-14/h5-8,19H,3-4,9-11H2,1-2H3,(H2,28,29). The third-order valence-corrected chi connectivity index (χ3v) is 6.18. The van der Waals surface area contributed by atoms with Crippen LogP contribution in [0.15, 0.2) is 29.3 Å². The molecule has 182 valence electrons. The Morgan fingerprint density at radius 2 is 1.63 bits per heavy atom. The lowest BCUT2D eigenvalue weighted by Gasteiger charge is -2.17. The van der Waals surface area contributed by atoms with Gasteiger partial charge < -0.3 is 15.2 Å². The van der Waals surface area contributed by atoms with Crippen LogP contribution < -0.4 is 5.73 Å². The fraction of sp³-hybridized carbons (Fsp3) is 0.333. The molecule has 1 atom stereocenters. The largest absolute Gasteiger partial charge is 0.466 e. The van der Waals surface area contributed by atoms with Crippen LogP contribution in [-0.2, 0) is 23.9 Å². The molecule has 0 aliphatic carbocycles. The number of esters is 2. The molecule has 0 amide bonds. The molecule has 1 aromatic heterocycles. The van der Waals surface area contributed by atoms with E-state index in [2.05, 4.69) is 4.98 Å². The summed E-state index contributed by atoms with van der Waals surface area (Å²) in [5.74, 6) is -1.71. The Labute approximate surface area is 212 Å². The number of ether oxygens (including phenoxy) is 2. The molecule has 0 spiro atoms. The van der Waals surface area contributed by atoms with Crippen molar-refractivity contribution in [2.75, 3.05) is 18.9 Å². The molecular formula is C24H23ClN4O5S. The van der Waals surface area contributed by atoms with Gasteiger partial charge in [0.25, 0.3) is 0 Å². The van der Waals surface area contributed by atoms with E-state index in [1.54, 1.807) is 38.1 Å². The van der Waals surface area contributed by atoms with Crippen molar-refractivity contribution in [1.29, 1.82) is 10.5 Å². The number of anilines is 1. The van der Waals surface area contributed by atoms with Crippen molar-refractivity contribution in [2.45, 2.75) is 43.4 Å². The second kappa shape index (κ2) is 13.3. The number of carbonyl (C=O) groups excluding carboxylic acids is 3. The Kier molecular flexibility index (Phi) is 10.5. The zero-order chi connectivity index (χ0) is 26.0. The fourth-order valence-electron chi connectivity index (χ4n) is 3.14. The molecule has 1 unspecified atom stereocenters. The van der Waals surface area contributed by atoms with Crippen molar-refractivity contribution < 1.29 is 23.9 Å². The van der Waals surface area contributed by atoms with Crippen molar-refractivity contribution in [3.05, 3.63) is 40.4 Å². The third kappa shape index (κ3) is 7.44. The maximum absolute atomic E-state index is 13.0. The lowest BCUT2D eigenvalue weighted by Crippen LogP contribution is -2.24. The number of benzene rings is 1. The van der Waals surface area contributed by atoms with Crippen LogP contribution in [0.2, 0.25) is 5.02 Å². The van der Waals surface area contributed by atoms with Gasteiger partial charge in [-0.2, -0.15) is 10.5 Å². The Bertz CT molecular complexity index is 1190. The number of halogens is 1. The van der Waals surface area contributed by atoms with Crippen molar-refractivity contribution in [2.24, 2.45) is 0 Å². The first-order valence-electron chi connectivity index (χ1n) is 10.7. The van der Waals surface area contributed by atoms with Crippen molar-refractivity contribution in [3.63, 3.8) is 0 Å². The molecule has 0 saturated carbocycles. The number of Topliss-reactive ketones (excluding diaryl/α,β-unsaturated/α-hetero) is 1. The number of pyridine rings is 1. The third-order valence-electron chi connectivity index (χ3n) is 4.70. The van der Waals surface area contributed by atoms with Gasteiger partial charge >= 0.3 is 11.9 Å². The minimum absolute atomic E-state index is 0.00352. The molecule has 9 nitrogen and oxygen atoms in total. The number of hydrogen-bond donors (Lipinski definition) is 1. The number of aromatic nitrogens is 1. The topological polar surface area (TPSA) is 156 Å². The second-order valence-corrected chi connectivity index (χ2v) is 8.67. The molecule has 2 aromatic rings. The van der Waals surface area contributed by atoms with Crippen molar-refractivity contribution >= 4 is 46.9 Å². The Morgan fingerprint density at radius 1 is 1.03 bits per heavy atom. The van der Waals surface area contributed by atoms with Gasteiger partial charge in [0, 0.05) is 17.0 Å². The van der Waals surface area contributed by atoms with Crippen LogP contribution in [0.1, 0.15) is 44.2 Å². The fourth-order valence-corrected chi connectivity index (χ4v) is 4.42. The summed E-state index contributed by atoms with van der Waals surface area (Å²) in [5, 5.41) is 19.2. The monoisotopic (exact) mass is 514 g/mol. The number of nitrogens with two attached hydrogens (primary N) is 1. The first-order valence-corrected chi connectivity index (χ1v) is 11.9. The van der Waals surface area contributed by atoms with E-state index in [0.717, 1.165) is 11.8 Å². The first kappa shape index (κ1) is 27.6. The van der Waals surface area contributed by atoms with E-state index in [1.807, 2.05) is 12.1 Å². The van der Waals surface area contributed by atoms with E-state index in [-0.39, 0.29) is 60.0 Å². The highest BCUT2D eigenvalue weighted by atomic mass is 35.5. The van der Waals surface area contributed by atoms with Gasteiger partial charge in [0.15, 0.2) is 0 Å². The van der Waals surface area contributed by atoms with E-state index >= 15 is 0 Å². The summed E-state index contributed by atoms with van der Waals surface area (Å²) in [5.41, 5.74) is 6.82. The molecule has 0 aliphatic rings. The molecule has 0 bridgehead atoms. The minimum Gasteiger partial charge on any atom is -0.466 e. The molecule has 0 aliphatic heterocycles. The molecule has 35 heavy (non-hydrogen) atoms. The highest BCUT2D eigenvalue weighted by Crippen LogP contribution is 2.38. The van der Waals surface area contributed by atoms with Gasteiger partial charge in [-0.3, -0.25) is 14.4 Å². The van der Waals surface area contributed by atoms with Crippen molar-refractivity contribution in [1.82, 2.24) is 4.98 Å². The molecule has 2 rings (SSSR count). The van der Waals surface area contributed by atoms with E-state index in [1.165, 1.54) is 0 Å².